The third-order valence-corrected chi connectivity index (χ3v) is 1.28. The Kier molecular flexibility index (Phi) is 3.56. The molecular weight excluding hydrogens is 204 g/mol. The molecule has 0 aliphatic rings. The van der Waals surface area contributed by atoms with Crippen LogP contribution in [0.3, 0.4) is 0 Å². The molecule has 0 aromatic rings. The lowest BCUT2D eigenvalue weighted by Gasteiger charge is -2.20. The van der Waals surface area contributed by atoms with E-state index in [1.54, 1.807) is 0 Å². The average molecular weight is 211 g/mol. The number of alkyl halides is 6. The maximum atomic E-state index is 11.6. The normalized spacial score (nSPS) is 18.5. The molecule has 2 nitrogen and oxygen atoms in total. The molecule has 0 saturated carbocycles. The van der Waals surface area contributed by atoms with Crippen LogP contribution in [0.1, 0.15) is 6.42 Å². The van der Waals surface area contributed by atoms with Crippen molar-refractivity contribution in [3.63, 3.8) is 0 Å². The molecule has 80 valence electrons. The molecular formula is C5H7F6NO. The molecule has 0 amide bonds. The van der Waals surface area contributed by atoms with E-state index in [2.05, 4.69) is 5.73 Å². The van der Waals surface area contributed by atoms with Gasteiger partial charge >= 0.3 is 12.4 Å². The number of hydrogen-bond acceptors (Lipinski definition) is 2. The molecule has 0 saturated heterocycles. The lowest BCUT2D eigenvalue weighted by Crippen LogP contribution is -2.43. The lowest BCUT2D eigenvalue weighted by atomic mass is 10.1. The fourth-order valence-corrected chi connectivity index (χ4v) is 0.508. The standard InChI is InChI=1S/C5H7F6NO/c6-4(7,8)2(12)1-3(13)5(9,10)11/h2-3,13H,1,12H2/t2-,3+/m0/s1. The van der Waals surface area contributed by atoms with Crippen LogP contribution in [0.5, 0.6) is 0 Å². The van der Waals surface area contributed by atoms with Gasteiger partial charge in [-0.05, 0) is 0 Å². The van der Waals surface area contributed by atoms with Crippen LogP contribution in [0.4, 0.5) is 26.3 Å². The monoisotopic (exact) mass is 211 g/mol. The van der Waals surface area contributed by atoms with Crippen LogP contribution in [-0.4, -0.2) is 29.6 Å². The molecule has 0 aliphatic carbocycles. The third-order valence-electron chi connectivity index (χ3n) is 1.28. The van der Waals surface area contributed by atoms with Crippen molar-refractivity contribution in [1.29, 1.82) is 0 Å². The quantitative estimate of drug-likeness (QED) is 0.674. The first-order valence-electron chi connectivity index (χ1n) is 3.12. The fraction of sp³-hybridized carbons (Fsp3) is 1.00. The van der Waals surface area contributed by atoms with E-state index < -0.39 is 30.9 Å². The Labute approximate surface area is 69.3 Å². The first-order valence-corrected chi connectivity index (χ1v) is 3.12. The first-order chi connectivity index (χ1) is 5.55. The fourth-order valence-electron chi connectivity index (χ4n) is 0.508. The van der Waals surface area contributed by atoms with Gasteiger partial charge in [0.25, 0.3) is 0 Å². The Morgan fingerprint density at radius 3 is 1.62 bits per heavy atom. The second-order valence-corrected chi connectivity index (χ2v) is 2.44. The highest BCUT2D eigenvalue weighted by molar-refractivity contribution is 4.77. The topological polar surface area (TPSA) is 46.2 Å². The Bertz CT molecular complexity index is 145. The molecule has 8 heteroatoms. The Hall–Kier alpha value is -0.500. The van der Waals surface area contributed by atoms with Gasteiger partial charge in [-0.2, -0.15) is 26.3 Å². The molecule has 0 spiro atoms. The highest BCUT2D eigenvalue weighted by Gasteiger charge is 2.45. The van der Waals surface area contributed by atoms with Crippen LogP contribution in [0.25, 0.3) is 0 Å². The Morgan fingerprint density at radius 1 is 1.00 bits per heavy atom. The van der Waals surface area contributed by atoms with Crippen molar-refractivity contribution in [2.24, 2.45) is 5.73 Å². The van der Waals surface area contributed by atoms with Crippen LogP contribution in [-0.2, 0) is 0 Å². The summed E-state index contributed by atoms with van der Waals surface area (Å²) in [5, 5.41) is 8.21. The van der Waals surface area contributed by atoms with Crippen molar-refractivity contribution in [2.75, 3.05) is 0 Å². The van der Waals surface area contributed by atoms with Gasteiger partial charge in [0, 0.05) is 6.42 Å². The predicted molar refractivity (Wildman–Crippen MR) is 30.7 cm³/mol. The van der Waals surface area contributed by atoms with Gasteiger partial charge in [0.05, 0.1) is 0 Å². The molecule has 0 aromatic carbocycles. The van der Waals surface area contributed by atoms with Gasteiger partial charge < -0.3 is 10.8 Å². The highest BCUT2D eigenvalue weighted by Crippen LogP contribution is 2.28. The van der Waals surface area contributed by atoms with E-state index in [1.807, 2.05) is 0 Å². The van der Waals surface area contributed by atoms with Crippen molar-refractivity contribution < 1.29 is 31.4 Å². The number of aliphatic hydroxyl groups excluding tert-OH is 1. The van der Waals surface area contributed by atoms with Gasteiger partial charge in [0.1, 0.15) is 6.04 Å². The van der Waals surface area contributed by atoms with Gasteiger partial charge in [0.15, 0.2) is 6.10 Å². The molecule has 3 N–H and O–H groups in total. The average Bonchev–Trinajstić information content (AvgIpc) is 1.82. The summed E-state index contributed by atoms with van der Waals surface area (Å²) in [6.45, 7) is 0. The summed E-state index contributed by atoms with van der Waals surface area (Å²) >= 11 is 0. The molecule has 0 heterocycles. The minimum Gasteiger partial charge on any atom is -0.384 e. The Balaban J connectivity index is 4.15. The summed E-state index contributed by atoms with van der Waals surface area (Å²) in [5.41, 5.74) is 4.36. The van der Waals surface area contributed by atoms with Crippen LogP contribution in [0, 0.1) is 0 Å². The van der Waals surface area contributed by atoms with E-state index in [4.69, 9.17) is 5.11 Å². The molecule has 0 bridgehead atoms. The molecule has 0 radical (unpaired) electrons. The molecule has 0 fully saturated rings. The zero-order chi connectivity index (χ0) is 10.9. The van der Waals surface area contributed by atoms with E-state index >= 15 is 0 Å². The number of hydrogen-bond donors (Lipinski definition) is 2. The molecule has 2 atom stereocenters. The van der Waals surface area contributed by atoms with Gasteiger partial charge in [-0.15, -0.1) is 0 Å². The van der Waals surface area contributed by atoms with E-state index in [-0.39, 0.29) is 0 Å². The summed E-state index contributed by atoms with van der Waals surface area (Å²) in [5.74, 6) is 0. The second-order valence-electron chi connectivity index (χ2n) is 2.44. The maximum absolute atomic E-state index is 11.6. The third kappa shape index (κ3) is 4.32. The smallest absolute Gasteiger partial charge is 0.384 e. The van der Waals surface area contributed by atoms with Crippen LogP contribution >= 0.6 is 0 Å². The molecule has 0 unspecified atom stereocenters. The van der Waals surface area contributed by atoms with Crippen molar-refractivity contribution in [2.45, 2.75) is 30.9 Å². The zero-order valence-corrected chi connectivity index (χ0v) is 6.15. The van der Waals surface area contributed by atoms with Crippen molar-refractivity contribution >= 4 is 0 Å². The van der Waals surface area contributed by atoms with Crippen molar-refractivity contribution in [3.8, 4) is 0 Å². The van der Waals surface area contributed by atoms with Crippen LogP contribution in [0.15, 0.2) is 0 Å². The molecule has 0 aromatic heterocycles. The number of halogens is 6. The van der Waals surface area contributed by atoms with E-state index in [1.165, 1.54) is 0 Å². The van der Waals surface area contributed by atoms with E-state index in [0.29, 0.717) is 0 Å². The van der Waals surface area contributed by atoms with Crippen LogP contribution < -0.4 is 5.73 Å². The second kappa shape index (κ2) is 3.70. The summed E-state index contributed by atoms with van der Waals surface area (Å²) in [6, 6.07) is -2.66. The molecule has 0 rings (SSSR count). The Morgan fingerprint density at radius 2 is 1.38 bits per heavy atom. The summed E-state index contributed by atoms with van der Waals surface area (Å²) < 4.78 is 69.4. The summed E-state index contributed by atoms with van der Waals surface area (Å²) in [6.07, 6.45) is -14.6. The van der Waals surface area contributed by atoms with Gasteiger partial charge in [-0.3, -0.25) is 0 Å². The number of rotatable bonds is 2. The van der Waals surface area contributed by atoms with E-state index in [9.17, 15) is 26.3 Å². The minimum absolute atomic E-state index is 1.58. The van der Waals surface area contributed by atoms with Gasteiger partial charge in [0.2, 0.25) is 0 Å². The number of aliphatic hydroxyl groups is 1. The summed E-state index contributed by atoms with van der Waals surface area (Å²) in [4.78, 5) is 0. The lowest BCUT2D eigenvalue weighted by molar-refractivity contribution is -0.219. The maximum Gasteiger partial charge on any atom is 0.414 e. The molecule has 13 heavy (non-hydrogen) atoms. The minimum atomic E-state index is -5.07. The number of nitrogens with two attached hydrogens (primary N) is 1. The van der Waals surface area contributed by atoms with E-state index in [0.717, 1.165) is 0 Å². The zero-order valence-electron chi connectivity index (χ0n) is 6.15. The summed E-state index contributed by atoms with van der Waals surface area (Å²) in [7, 11) is 0. The molecule has 0 aliphatic heterocycles. The first kappa shape index (κ1) is 12.5. The van der Waals surface area contributed by atoms with Gasteiger partial charge in [-0.25, -0.2) is 0 Å². The van der Waals surface area contributed by atoms with Gasteiger partial charge in [-0.1, -0.05) is 0 Å². The SMILES string of the molecule is N[C@@H](C[C@@H](O)C(F)(F)F)C(F)(F)F. The largest absolute Gasteiger partial charge is 0.414 e. The van der Waals surface area contributed by atoms with Crippen molar-refractivity contribution in [1.82, 2.24) is 0 Å². The predicted octanol–water partition coefficient (Wildman–Crippen LogP) is 1.19. The van der Waals surface area contributed by atoms with Crippen molar-refractivity contribution in [3.05, 3.63) is 0 Å². The highest BCUT2D eigenvalue weighted by atomic mass is 19.4. The van der Waals surface area contributed by atoms with Crippen LogP contribution in [0.2, 0.25) is 0 Å².